The lowest BCUT2D eigenvalue weighted by Crippen LogP contribution is -2.10. The van der Waals surface area contributed by atoms with E-state index in [0.29, 0.717) is 0 Å². The van der Waals surface area contributed by atoms with Crippen LogP contribution < -0.4 is 30.3 Å². The van der Waals surface area contributed by atoms with Crippen molar-refractivity contribution in [3.8, 4) is 34.1 Å². The van der Waals surface area contributed by atoms with Gasteiger partial charge in [-0.2, -0.15) is 0 Å². The van der Waals surface area contributed by atoms with E-state index in [0.717, 1.165) is 86.2 Å². The lowest BCUT2D eigenvalue weighted by molar-refractivity contribution is 0.482. The van der Waals surface area contributed by atoms with E-state index in [4.69, 9.17) is 15.2 Å². The molecular formula is C52H46N4O2. The summed E-state index contributed by atoms with van der Waals surface area (Å²) >= 11 is 0. The zero-order chi connectivity index (χ0) is 39.8. The lowest BCUT2D eigenvalue weighted by Gasteiger charge is -2.26. The number of anilines is 8. The number of rotatable bonds is 13. The van der Waals surface area contributed by atoms with Gasteiger partial charge in [0.1, 0.15) is 23.0 Å². The van der Waals surface area contributed by atoms with Gasteiger partial charge in [0.2, 0.25) is 0 Å². The largest absolute Gasteiger partial charge is 0.457 e. The van der Waals surface area contributed by atoms with Gasteiger partial charge in [-0.15, -0.1) is 0 Å². The molecule has 0 radical (unpaired) electrons. The average molecular weight is 759 g/mol. The minimum Gasteiger partial charge on any atom is -0.457 e. The summed E-state index contributed by atoms with van der Waals surface area (Å²) in [6.45, 7) is 7.11. The molecule has 0 saturated carbocycles. The molecule has 8 aromatic carbocycles. The van der Waals surface area contributed by atoms with E-state index in [1.165, 1.54) is 11.1 Å². The summed E-state index contributed by atoms with van der Waals surface area (Å²) in [7, 11) is 0. The van der Waals surface area contributed by atoms with Gasteiger partial charge >= 0.3 is 0 Å². The summed E-state index contributed by atoms with van der Waals surface area (Å²) in [4.78, 5) is 4.48. The molecule has 3 N–H and O–H groups in total. The molecule has 286 valence electrons. The number of ether oxygens (including phenoxy) is 2. The quantitative estimate of drug-likeness (QED) is 0.114. The molecule has 6 heteroatoms. The Morgan fingerprint density at radius 2 is 0.655 bits per heavy atom. The molecule has 6 nitrogen and oxygen atoms in total. The van der Waals surface area contributed by atoms with Gasteiger partial charge in [-0.1, -0.05) is 59.7 Å². The van der Waals surface area contributed by atoms with Crippen LogP contribution >= 0.6 is 0 Å². The molecule has 0 unspecified atom stereocenters. The maximum absolute atomic E-state index is 6.15. The Morgan fingerprint density at radius 1 is 0.379 bits per heavy atom. The highest BCUT2D eigenvalue weighted by atomic mass is 16.5. The predicted molar refractivity (Wildman–Crippen MR) is 242 cm³/mol. The molecule has 0 aromatic heterocycles. The molecule has 8 aromatic rings. The first-order valence-corrected chi connectivity index (χ1v) is 19.6. The number of nitrogens with zero attached hydrogens (tertiary/aromatic N) is 2. The summed E-state index contributed by atoms with van der Waals surface area (Å²) in [6.07, 6.45) is 0. The highest BCUT2D eigenvalue weighted by molar-refractivity contribution is 5.81. The van der Waals surface area contributed by atoms with Gasteiger partial charge in [0.05, 0.1) is 0 Å². The summed E-state index contributed by atoms with van der Waals surface area (Å²) in [5.41, 5.74) is 18.7. The van der Waals surface area contributed by atoms with Gasteiger partial charge in [0, 0.05) is 52.0 Å². The summed E-state index contributed by atoms with van der Waals surface area (Å²) in [5, 5.41) is 3.41. The van der Waals surface area contributed by atoms with Gasteiger partial charge in [-0.25, -0.2) is 0 Å². The molecule has 0 saturated heterocycles. The molecule has 0 amide bonds. The maximum atomic E-state index is 6.15. The fraction of sp³-hybridized carbons (Fsp3) is 0.0769. The minimum atomic E-state index is 0.720. The van der Waals surface area contributed by atoms with Crippen molar-refractivity contribution in [3.63, 3.8) is 0 Å². The van der Waals surface area contributed by atoms with Crippen LogP contribution in [0.15, 0.2) is 194 Å². The Morgan fingerprint density at radius 3 is 0.983 bits per heavy atom. The van der Waals surface area contributed by atoms with E-state index in [1.54, 1.807) is 0 Å². The fourth-order valence-corrected chi connectivity index (χ4v) is 6.87. The number of benzene rings is 8. The van der Waals surface area contributed by atoms with E-state index >= 15 is 0 Å². The van der Waals surface area contributed by atoms with E-state index < -0.39 is 0 Å². The second-order valence-electron chi connectivity index (χ2n) is 14.3. The molecular weight excluding hydrogens is 713 g/mol. The number of nitrogen functional groups attached to an aromatic ring is 1. The van der Waals surface area contributed by atoms with Gasteiger partial charge in [-0.3, -0.25) is 0 Å². The number of aryl methyl sites for hydroxylation is 2. The number of hydrogen-bond acceptors (Lipinski definition) is 6. The van der Waals surface area contributed by atoms with Crippen molar-refractivity contribution in [2.24, 2.45) is 0 Å². The van der Waals surface area contributed by atoms with Crippen molar-refractivity contribution in [2.75, 3.05) is 27.4 Å². The topological polar surface area (TPSA) is 63.0 Å². The van der Waals surface area contributed by atoms with Gasteiger partial charge in [0.15, 0.2) is 0 Å². The SMILES string of the molecule is CCNc1ccc(N(c2ccc(Oc3ccc(C)cc3)cc2)c2ccc(-c3ccc(N(c4ccc(N)cc4)c4ccc(Oc5ccc(C)cc5)cc4)cc3)cc2)cc1. The van der Waals surface area contributed by atoms with Gasteiger partial charge in [-0.05, 0) is 177 Å². The molecule has 0 aliphatic rings. The van der Waals surface area contributed by atoms with E-state index in [1.807, 2.05) is 84.9 Å². The van der Waals surface area contributed by atoms with Crippen LogP contribution in [0, 0.1) is 13.8 Å². The lowest BCUT2D eigenvalue weighted by atomic mass is 10.0. The van der Waals surface area contributed by atoms with Crippen molar-refractivity contribution >= 4 is 45.5 Å². The molecule has 0 aliphatic heterocycles. The summed E-state index contributed by atoms with van der Waals surface area (Å²) in [6, 6.07) is 66.5. The molecule has 0 spiro atoms. The molecule has 0 bridgehead atoms. The van der Waals surface area contributed by atoms with Gasteiger partial charge in [0.25, 0.3) is 0 Å². The summed E-state index contributed by atoms with van der Waals surface area (Å²) < 4.78 is 12.3. The Hall–Kier alpha value is -7.44. The van der Waals surface area contributed by atoms with Crippen molar-refractivity contribution in [3.05, 3.63) is 205 Å². The molecule has 0 fully saturated rings. The van der Waals surface area contributed by atoms with Crippen molar-refractivity contribution < 1.29 is 9.47 Å². The van der Waals surface area contributed by atoms with Crippen molar-refractivity contribution in [2.45, 2.75) is 20.8 Å². The van der Waals surface area contributed by atoms with Crippen molar-refractivity contribution in [1.82, 2.24) is 0 Å². The van der Waals surface area contributed by atoms with Crippen molar-refractivity contribution in [1.29, 1.82) is 0 Å². The highest BCUT2D eigenvalue weighted by Gasteiger charge is 2.16. The number of hydrogen-bond donors (Lipinski definition) is 2. The van der Waals surface area contributed by atoms with Gasteiger partial charge < -0.3 is 30.3 Å². The van der Waals surface area contributed by atoms with Crippen LogP contribution in [0.1, 0.15) is 18.1 Å². The van der Waals surface area contributed by atoms with Crippen LogP contribution in [-0.4, -0.2) is 6.54 Å². The predicted octanol–water partition coefficient (Wildman–Crippen LogP) is 14.5. The first kappa shape index (κ1) is 37.5. The Bertz CT molecular complexity index is 2540. The van der Waals surface area contributed by atoms with Crippen LogP contribution in [0.2, 0.25) is 0 Å². The van der Waals surface area contributed by atoms with Crippen LogP contribution in [-0.2, 0) is 0 Å². The first-order chi connectivity index (χ1) is 28.4. The summed E-state index contributed by atoms with van der Waals surface area (Å²) in [5.74, 6) is 3.18. The standard InChI is InChI=1S/C52H46N4O2/c1-4-54-42-15-23-46(24-16-42)56(48-27-35-52(36-28-48)58-50-31-7-38(3)8-32-50)44-19-11-40(12-20-44)39-9-17-43(18-10-39)55(45-21-13-41(53)14-22-45)47-25-33-51(34-26-47)57-49-29-5-37(2)6-30-49/h5-36,54H,4,53H2,1-3H3. The zero-order valence-corrected chi connectivity index (χ0v) is 33.0. The molecule has 0 atom stereocenters. The Kier molecular flexibility index (Phi) is 11.1. The van der Waals surface area contributed by atoms with Crippen LogP contribution in [0.3, 0.4) is 0 Å². The number of nitrogens with two attached hydrogens (primary N) is 1. The van der Waals surface area contributed by atoms with E-state index in [2.05, 4.69) is 145 Å². The Labute approximate surface area is 341 Å². The Balaban J connectivity index is 1.05. The van der Waals surface area contributed by atoms with Crippen LogP contribution in [0.5, 0.6) is 23.0 Å². The third kappa shape index (κ3) is 8.83. The smallest absolute Gasteiger partial charge is 0.127 e. The van der Waals surface area contributed by atoms with E-state index in [9.17, 15) is 0 Å². The molecule has 0 heterocycles. The molecule has 8 rings (SSSR count). The van der Waals surface area contributed by atoms with Crippen LogP contribution in [0.4, 0.5) is 45.5 Å². The number of nitrogens with one attached hydrogen (secondary N) is 1. The second kappa shape index (κ2) is 17.1. The monoisotopic (exact) mass is 758 g/mol. The molecule has 0 aliphatic carbocycles. The second-order valence-corrected chi connectivity index (χ2v) is 14.3. The zero-order valence-electron chi connectivity index (χ0n) is 33.0. The third-order valence-corrected chi connectivity index (χ3v) is 9.95. The average Bonchev–Trinajstić information content (AvgIpc) is 3.26. The first-order valence-electron chi connectivity index (χ1n) is 19.6. The third-order valence-electron chi connectivity index (χ3n) is 9.95. The molecule has 58 heavy (non-hydrogen) atoms. The maximum Gasteiger partial charge on any atom is 0.127 e. The minimum absolute atomic E-state index is 0.720. The highest BCUT2D eigenvalue weighted by Crippen LogP contribution is 2.40. The van der Waals surface area contributed by atoms with E-state index in [-0.39, 0.29) is 0 Å². The van der Waals surface area contributed by atoms with Crippen LogP contribution in [0.25, 0.3) is 11.1 Å². The fourth-order valence-electron chi connectivity index (χ4n) is 6.87. The normalized spacial score (nSPS) is 10.8.